The van der Waals surface area contributed by atoms with Gasteiger partial charge in [0.25, 0.3) is 0 Å². The van der Waals surface area contributed by atoms with Crippen LogP contribution in [0.25, 0.3) is 11.0 Å². The molecule has 0 spiro atoms. The Morgan fingerprint density at radius 3 is 2.67 bits per heavy atom. The van der Waals surface area contributed by atoms with Gasteiger partial charge < -0.3 is 10.3 Å². The lowest BCUT2D eigenvalue weighted by Crippen LogP contribution is -2.06. The fourth-order valence-electron chi connectivity index (χ4n) is 3.20. The van der Waals surface area contributed by atoms with Gasteiger partial charge in [-0.15, -0.1) is 11.8 Å². The lowest BCUT2D eigenvalue weighted by atomic mass is 10.2. The first-order chi connectivity index (χ1) is 12.9. The number of nitrogens with two attached hydrogens (primary N) is 1. The molecule has 1 aromatic carbocycles. The van der Waals surface area contributed by atoms with Gasteiger partial charge in [0.15, 0.2) is 5.82 Å². The summed E-state index contributed by atoms with van der Waals surface area (Å²) in [5.41, 5.74) is 10.2. The topological polar surface area (TPSA) is 56.7 Å². The summed E-state index contributed by atoms with van der Waals surface area (Å²) in [6.07, 6.45) is 2.99. The minimum absolute atomic E-state index is 0.520. The zero-order chi connectivity index (χ0) is 19.6. The third-order valence-corrected chi connectivity index (χ3v) is 6.45. The monoisotopic (exact) mass is 422 g/mol. The van der Waals surface area contributed by atoms with Crippen molar-refractivity contribution in [1.82, 2.24) is 14.5 Å². The number of halogens is 2. The van der Waals surface area contributed by atoms with Crippen LogP contribution in [0.4, 0.5) is 5.82 Å². The van der Waals surface area contributed by atoms with Gasteiger partial charge in [0.2, 0.25) is 0 Å². The lowest BCUT2D eigenvalue weighted by Gasteiger charge is -2.12. The molecule has 0 aliphatic heterocycles. The van der Waals surface area contributed by atoms with E-state index in [1.807, 2.05) is 19.1 Å². The van der Waals surface area contributed by atoms with Crippen LogP contribution in [0.15, 0.2) is 23.1 Å². The Balaban J connectivity index is 1.80. The number of anilines is 1. The van der Waals surface area contributed by atoms with Crippen LogP contribution in [0.5, 0.6) is 0 Å². The summed E-state index contributed by atoms with van der Waals surface area (Å²) in [5, 5.41) is 1.37. The third kappa shape index (κ3) is 4.36. The zero-order valence-electron chi connectivity index (χ0n) is 15.9. The van der Waals surface area contributed by atoms with Gasteiger partial charge in [-0.05, 0) is 56.2 Å². The molecule has 3 rings (SSSR count). The molecule has 0 aliphatic carbocycles. The number of nitrogens with zero attached hydrogens (tertiary/aromatic N) is 3. The van der Waals surface area contributed by atoms with E-state index >= 15 is 0 Å². The van der Waals surface area contributed by atoms with E-state index in [0.717, 1.165) is 64.6 Å². The quantitative estimate of drug-likeness (QED) is 0.370. The highest BCUT2D eigenvalue weighted by atomic mass is 35.5. The van der Waals surface area contributed by atoms with Gasteiger partial charge in [0, 0.05) is 28.6 Å². The first-order valence-electron chi connectivity index (χ1n) is 9.12. The van der Waals surface area contributed by atoms with E-state index in [-0.39, 0.29) is 0 Å². The first kappa shape index (κ1) is 20.3. The maximum Gasteiger partial charge on any atom is 0.151 e. The maximum absolute atomic E-state index is 6.27. The molecule has 2 aromatic heterocycles. The van der Waals surface area contributed by atoms with Gasteiger partial charge in [-0.25, -0.2) is 9.97 Å². The Bertz CT molecular complexity index is 969. The Morgan fingerprint density at radius 2 is 1.96 bits per heavy atom. The Morgan fingerprint density at radius 1 is 1.19 bits per heavy atom. The molecule has 2 N–H and O–H groups in total. The van der Waals surface area contributed by atoms with Crippen molar-refractivity contribution in [3.63, 3.8) is 0 Å². The van der Waals surface area contributed by atoms with Gasteiger partial charge in [-0.3, -0.25) is 0 Å². The van der Waals surface area contributed by atoms with E-state index in [1.54, 1.807) is 17.8 Å². The van der Waals surface area contributed by atoms with Crippen LogP contribution in [-0.2, 0) is 13.0 Å². The number of nitrogen functional groups attached to an aromatic ring is 1. The number of fused-ring (bicyclic) bond motifs is 1. The summed E-state index contributed by atoms with van der Waals surface area (Å²) in [6, 6.07) is 5.64. The van der Waals surface area contributed by atoms with Crippen LogP contribution in [0.1, 0.15) is 36.8 Å². The number of aryl methyl sites for hydroxylation is 4. The summed E-state index contributed by atoms with van der Waals surface area (Å²) in [7, 11) is 0. The number of benzene rings is 1. The van der Waals surface area contributed by atoms with Gasteiger partial charge >= 0.3 is 0 Å². The Labute approximate surface area is 174 Å². The van der Waals surface area contributed by atoms with Gasteiger partial charge in [-0.2, -0.15) is 0 Å². The first-order valence-corrected chi connectivity index (χ1v) is 10.9. The highest BCUT2D eigenvalue weighted by Crippen LogP contribution is 2.31. The van der Waals surface area contributed by atoms with Gasteiger partial charge in [0.1, 0.15) is 11.3 Å². The van der Waals surface area contributed by atoms with Crippen molar-refractivity contribution in [1.29, 1.82) is 0 Å². The molecule has 0 unspecified atom stereocenters. The summed E-state index contributed by atoms with van der Waals surface area (Å²) >= 11 is 14.0. The molecule has 3 aromatic rings. The number of aromatic nitrogens is 3. The number of hydrogen-bond donors (Lipinski definition) is 1. The van der Waals surface area contributed by atoms with Crippen LogP contribution in [0.3, 0.4) is 0 Å². The SMILES string of the molecule is CCCc1nc2c(N)nc(C)c(C)c2n1CCCSc1ccc(Cl)cc1Cl. The van der Waals surface area contributed by atoms with Crippen LogP contribution in [0.2, 0.25) is 10.0 Å². The predicted octanol–water partition coefficient (Wildman–Crippen LogP) is 6.07. The summed E-state index contributed by atoms with van der Waals surface area (Å²) in [5.74, 6) is 2.57. The molecule has 2 heterocycles. The Kier molecular flexibility index (Phi) is 6.56. The second kappa shape index (κ2) is 8.72. The van der Waals surface area contributed by atoms with Gasteiger partial charge in [-0.1, -0.05) is 30.1 Å². The second-order valence-corrected chi connectivity index (χ2v) is 8.59. The molecule has 0 fully saturated rings. The number of thioether (sulfide) groups is 1. The molecule has 0 atom stereocenters. The molecule has 27 heavy (non-hydrogen) atoms. The molecule has 0 aliphatic rings. The molecular weight excluding hydrogens is 399 g/mol. The van der Waals surface area contributed by atoms with Crippen molar-refractivity contribution in [2.45, 2.75) is 51.5 Å². The van der Waals surface area contributed by atoms with Crippen molar-refractivity contribution in [3.05, 3.63) is 45.3 Å². The number of hydrogen-bond acceptors (Lipinski definition) is 4. The lowest BCUT2D eigenvalue weighted by molar-refractivity contribution is 0.649. The normalized spacial score (nSPS) is 11.4. The molecule has 0 amide bonds. The van der Waals surface area contributed by atoms with E-state index in [4.69, 9.17) is 33.9 Å². The smallest absolute Gasteiger partial charge is 0.151 e. The Hall–Kier alpha value is -1.43. The van der Waals surface area contributed by atoms with E-state index in [1.165, 1.54) is 0 Å². The minimum atomic E-state index is 0.520. The van der Waals surface area contributed by atoms with E-state index < -0.39 is 0 Å². The van der Waals surface area contributed by atoms with E-state index in [2.05, 4.69) is 23.4 Å². The molecule has 7 heteroatoms. The minimum Gasteiger partial charge on any atom is -0.382 e. The largest absolute Gasteiger partial charge is 0.382 e. The van der Waals surface area contributed by atoms with Crippen LogP contribution in [-0.4, -0.2) is 20.3 Å². The van der Waals surface area contributed by atoms with Gasteiger partial charge in [0.05, 0.1) is 10.5 Å². The van der Waals surface area contributed by atoms with Crippen molar-refractivity contribution >= 4 is 51.8 Å². The van der Waals surface area contributed by atoms with Crippen molar-refractivity contribution in [2.75, 3.05) is 11.5 Å². The highest BCUT2D eigenvalue weighted by Gasteiger charge is 2.17. The van der Waals surface area contributed by atoms with Crippen molar-refractivity contribution in [2.24, 2.45) is 0 Å². The standard InChI is InChI=1S/C20H24Cl2N4S/c1-4-6-17-25-18-19(12(2)13(3)24-20(18)23)26(17)9-5-10-27-16-8-7-14(21)11-15(16)22/h7-8,11H,4-6,9-10H2,1-3H3,(H2,23,24). The fourth-order valence-corrected chi connectivity index (χ4v) is 4.63. The zero-order valence-corrected chi connectivity index (χ0v) is 18.2. The summed E-state index contributed by atoms with van der Waals surface area (Å²) < 4.78 is 2.32. The van der Waals surface area contributed by atoms with E-state index in [0.29, 0.717) is 15.9 Å². The van der Waals surface area contributed by atoms with Crippen molar-refractivity contribution in [3.8, 4) is 0 Å². The molecular formula is C20H24Cl2N4S. The van der Waals surface area contributed by atoms with E-state index in [9.17, 15) is 0 Å². The molecule has 0 bridgehead atoms. The van der Waals surface area contributed by atoms with Crippen molar-refractivity contribution < 1.29 is 0 Å². The fraction of sp³-hybridized carbons (Fsp3) is 0.400. The third-order valence-electron chi connectivity index (χ3n) is 4.63. The predicted molar refractivity (Wildman–Crippen MR) is 117 cm³/mol. The van der Waals surface area contributed by atoms with Crippen LogP contribution in [0, 0.1) is 13.8 Å². The molecule has 0 radical (unpaired) electrons. The summed E-state index contributed by atoms with van der Waals surface area (Å²) in [6.45, 7) is 7.16. The highest BCUT2D eigenvalue weighted by molar-refractivity contribution is 7.99. The maximum atomic E-state index is 6.27. The average Bonchev–Trinajstić information content (AvgIpc) is 2.98. The molecule has 4 nitrogen and oxygen atoms in total. The number of pyridine rings is 1. The summed E-state index contributed by atoms with van der Waals surface area (Å²) in [4.78, 5) is 10.3. The molecule has 144 valence electrons. The second-order valence-electron chi connectivity index (χ2n) is 6.61. The average molecular weight is 423 g/mol. The van der Waals surface area contributed by atoms with Crippen LogP contribution >= 0.6 is 35.0 Å². The molecule has 0 saturated heterocycles. The van der Waals surface area contributed by atoms with Crippen LogP contribution < -0.4 is 5.73 Å². The number of imidazole rings is 1. The molecule has 0 saturated carbocycles. The number of rotatable bonds is 7.